The second kappa shape index (κ2) is 9.43. The zero-order valence-corrected chi connectivity index (χ0v) is 16.4. The summed E-state index contributed by atoms with van der Waals surface area (Å²) in [5.41, 5.74) is 2.17. The van der Waals surface area contributed by atoms with Gasteiger partial charge in [0.15, 0.2) is 0 Å². The fourth-order valence-corrected chi connectivity index (χ4v) is 3.57. The molecule has 1 aliphatic heterocycles. The lowest BCUT2D eigenvalue weighted by atomic mass is 10.2. The highest BCUT2D eigenvalue weighted by molar-refractivity contribution is 5.76. The summed E-state index contributed by atoms with van der Waals surface area (Å²) in [7, 11) is 0. The number of carbonyl (C=O) groups excluding carboxylic acids is 1. The summed E-state index contributed by atoms with van der Waals surface area (Å²) in [6.07, 6.45) is 5.22. The number of aromatic nitrogens is 3. The molecule has 1 aromatic carbocycles. The highest BCUT2D eigenvalue weighted by Gasteiger charge is 2.20. The Bertz CT molecular complexity index is 913. The van der Waals surface area contributed by atoms with Gasteiger partial charge in [-0.25, -0.2) is 0 Å². The normalized spacial score (nSPS) is 15.2. The molecule has 3 aromatic rings. The van der Waals surface area contributed by atoms with Gasteiger partial charge >= 0.3 is 0 Å². The summed E-state index contributed by atoms with van der Waals surface area (Å²) in [5, 5.41) is 4.00. The molecule has 150 valence electrons. The zero-order chi connectivity index (χ0) is 19.9. The van der Waals surface area contributed by atoms with E-state index in [-0.39, 0.29) is 5.91 Å². The van der Waals surface area contributed by atoms with Crippen molar-refractivity contribution >= 4 is 5.91 Å². The number of hydrogen-bond donors (Lipinski definition) is 0. The van der Waals surface area contributed by atoms with E-state index in [0.717, 1.165) is 44.7 Å². The summed E-state index contributed by atoms with van der Waals surface area (Å²) in [6, 6.07) is 14.1. The molecule has 0 spiro atoms. The summed E-state index contributed by atoms with van der Waals surface area (Å²) in [5.74, 6) is 1.17. The molecule has 0 saturated carbocycles. The fourth-order valence-electron chi connectivity index (χ4n) is 3.57. The van der Waals surface area contributed by atoms with Gasteiger partial charge in [-0.2, -0.15) is 4.98 Å². The number of amides is 1. The molecule has 1 saturated heterocycles. The molecule has 0 radical (unpaired) electrons. The van der Waals surface area contributed by atoms with Crippen LogP contribution >= 0.6 is 0 Å². The predicted molar refractivity (Wildman–Crippen MR) is 109 cm³/mol. The van der Waals surface area contributed by atoms with Crippen LogP contribution in [0.3, 0.4) is 0 Å². The van der Waals surface area contributed by atoms with E-state index in [1.54, 1.807) is 12.4 Å². The molecule has 1 aliphatic rings. The summed E-state index contributed by atoms with van der Waals surface area (Å²) >= 11 is 0. The minimum Gasteiger partial charge on any atom is -0.341 e. The molecule has 0 unspecified atom stereocenters. The lowest BCUT2D eigenvalue weighted by Crippen LogP contribution is -2.35. The summed E-state index contributed by atoms with van der Waals surface area (Å²) in [4.78, 5) is 25.4. The minimum absolute atomic E-state index is 0.148. The smallest absolute Gasteiger partial charge is 0.227 e. The van der Waals surface area contributed by atoms with Gasteiger partial charge < -0.3 is 9.42 Å². The first kappa shape index (κ1) is 19.3. The van der Waals surface area contributed by atoms with Crippen molar-refractivity contribution in [2.75, 3.05) is 26.2 Å². The van der Waals surface area contributed by atoms with Gasteiger partial charge in [0, 0.05) is 63.5 Å². The van der Waals surface area contributed by atoms with Crippen molar-refractivity contribution in [3.63, 3.8) is 0 Å². The largest absolute Gasteiger partial charge is 0.341 e. The molecule has 0 bridgehead atoms. The maximum atomic E-state index is 12.7. The van der Waals surface area contributed by atoms with E-state index in [9.17, 15) is 4.79 Å². The van der Waals surface area contributed by atoms with E-state index in [1.165, 1.54) is 5.56 Å². The van der Waals surface area contributed by atoms with Gasteiger partial charge in [-0.3, -0.25) is 14.7 Å². The zero-order valence-electron chi connectivity index (χ0n) is 16.4. The number of aryl methyl sites for hydroxylation is 1. The standard InChI is InChI=1S/C22H25N5O2/c28-21(8-7-20-24-22(25-29-20)19-9-11-23-12-10-19)27-14-4-13-26(15-16-27)17-18-5-2-1-3-6-18/h1-3,5-6,9-12H,4,7-8,13-17H2. The molecule has 3 heterocycles. The topological polar surface area (TPSA) is 75.4 Å². The molecule has 7 heteroatoms. The first-order valence-electron chi connectivity index (χ1n) is 10.0. The molecule has 1 amide bonds. The van der Waals surface area contributed by atoms with E-state index in [0.29, 0.717) is 24.6 Å². The van der Waals surface area contributed by atoms with E-state index < -0.39 is 0 Å². The van der Waals surface area contributed by atoms with Crippen LogP contribution in [0.1, 0.15) is 24.3 Å². The molecule has 2 aromatic heterocycles. The van der Waals surface area contributed by atoms with Crippen molar-refractivity contribution in [2.24, 2.45) is 0 Å². The van der Waals surface area contributed by atoms with Gasteiger partial charge in [0.05, 0.1) is 0 Å². The Morgan fingerprint density at radius 3 is 2.66 bits per heavy atom. The highest BCUT2D eigenvalue weighted by atomic mass is 16.5. The maximum absolute atomic E-state index is 12.7. The number of rotatable bonds is 6. The molecule has 0 aliphatic carbocycles. The number of pyridine rings is 1. The van der Waals surface area contributed by atoms with Crippen LogP contribution in [-0.4, -0.2) is 57.0 Å². The van der Waals surface area contributed by atoms with Crippen molar-refractivity contribution in [2.45, 2.75) is 25.8 Å². The third-order valence-corrected chi connectivity index (χ3v) is 5.15. The van der Waals surface area contributed by atoms with Crippen molar-refractivity contribution < 1.29 is 9.32 Å². The number of carbonyl (C=O) groups is 1. The second-order valence-electron chi connectivity index (χ2n) is 7.24. The van der Waals surface area contributed by atoms with Gasteiger partial charge in [-0.1, -0.05) is 35.5 Å². The van der Waals surface area contributed by atoms with Crippen molar-refractivity contribution in [3.8, 4) is 11.4 Å². The van der Waals surface area contributed by atoms with Crippen LogP contribution in [0.2, 0.25) is 0 Å². The molecule has 7 nitrogen and oxygen atoms in total. The van der Waals surface area contributed by atoms with Gasteiger partial charge in [0.2, 0.25) is 17.6 Å². The van der Waals surface area contributed by atoms with Crippen molar-refractivity contribution in [1.82, 2.24) is 24.9 Å². The summed E-state index contributed by atoms with van der Waals surface area (Å²) in [6.45, 7) is 4.40. The molecule has 0 atom stereocenters. The first-order valence-corrected chi connectivity index (χ1v) is 10.0. The number of benzene rings is 1. The molecular weight excluding hydrogens is 366 g/mol. The third-order valence-electron chi connectivity index (χ3n) is 5.15. The lowest BCUT2D eigenvalue weighted by Gasteiger charge is -2.22. The van der Waals surface area contributed by atoms with E-state index in [2.05, 4.69) is 44.3 Å². The summed E-state index contributed by atoms with van der Waals surface area (Å²) < 4.78 is 5.30. The Hall–Kier alpha value is -3.06. The monoisotopic (exact) mass is 391 g/mol. The Morgan fingerprint density at radius 1 is 1.00 bits per heavy atom. The van der Waals surface area contributed by atoms with Crippen LogP contribution in [0, 0.1) is 0 Å². The Kier molecular flexibility index (Phi) is 6.26. The van der Waals surface area contributed by atoms with Crippen LogP contribution in [0.4, 0.5) is 0 Å². The molecule has 29 heavy (non-hydrogen) atoms. The van der Waals surface area contributed by atoms with E-state index in [1.807, 2.05) is 23.1 Å². The van der Waals surface area contributed by atoms with E-state index >= 15 is 0 Å². The highest BCUT2D eigenvalue weighted by Crippen LogP contribution is 2.15. The maximum Gasteiger partial charge on any atom is 0.227 e. The molecule has 0 N–H and O–H groups in total. The average molecular weight is 391 g/mol. The van der Waals surface area contributed by atoms with Gasteiger partial charge in [-0.15, -0.1) is 0 Å². The quantitative estimate of drug-likeness (QED) is 0.643. The van der Waals surface area contributed by atoms with Crippen LogP contribution in [0.25, 0.3) is 11.4 Å². The fraction of sp³-hybridized carbons (Fsp3) is 0.364. The molecular formula is C22H25N5O2. The second-order valence-corrected chi connectivity index (χ2v) is 7.24. The number of hydrogen-bond acceptors (Lipinski definition) is 6. The van der Waals surface area contributed by atoms with Gasteiger partial charge in [0.25, 0.3) is 0 Å². The third kappa shape index (κ3) is 5.26. The molecule has 1 fully saturated rings. The van der Waals surface area contributed by atoms with Gasteiger partial charge in [0.1, 0.15) is 0 Å². The van der Waals surface area contributed by atoms with Crippen molar-refractivity contribution in [3.05, 3.63) is 66.3 Å². The van der Waals surface area contributed by atoms with Crippen LogP contribution in [0.5, 0.6) is 0 Å². The Morgan fingerprint density at radius 2 is 1.83 bits per heavy atom. The SMILES string of the molecule is O=C(CCc1nc(-c2ccncc2)no1)N1CCCN(Cc2ccccc2)CC1. The Balaban J connectivity index is 1.26. The van der Waals surface area contributed by atoms with Crippen LogP contribution in [0.15, 0.2) is 59.4 Å². The minimum atomic E-state index is 0.148. The van der Waals surface area contributed by atoms with Crippen LogP contribution < -0.4 is 0 Å². The van der Waals surface area contributed by atoms with Crippen molar-refractivity contribution in [1.29, 1.82) is 0 Å². The van der Waals surface area contributed by atoms with E-state index in [4.69, 9.17) is 4.52 Å². The lowest BCUT2D eigenvalue weighted by molar-refractivity contribution is -0.131. The number of nitrogens with zero attached hydrogens (tertiary/aromatic N) is 5. The van der Waals surface area contributed by atoms with Gasteiger partial charge in [-0.05, 0) is 24.1 Å². The first-order chi connectivity index (χ1) is 14.3. The average Bonchev–Trinajstić information content (AvgIpc) is 3.12. The van der Waals surface area contributed by atoms with Crippen LogP contribution in [-0.2, 0) is 17.8 Å². The Labute approximate surface area is 170 Å². The predicted octanol–water partition coefficient (Wildman–Crippen LogP) is 2.80. The molecule has 4 rings (SSSR count).